The number of carbonyl (C=O) groups is 1. The number of aromatic hydroxyl groups is 2. The van der Waals surface area contributed by atoms with E-state index in [0.29, 0.717) is 10.0 Å². The van der Waals surface area contributed by atoms with Crippen LogP contribution in [0.15, 0.2) is 35.4 Å². The molecule has 1 amide bonds. The zero-order valence-electron chi connectivity index (χ0n) is 10.4. The van der Waals surface area contributed by atoms with E-state index in [1.54, 1.807) is 19.1 Å². The average molecular weight is 311 g/mol. The number of hydrogen-bond donors (Lipinski definition) is 3. The fourth-order valence-electron chi connectivity index (χ4n) is 1.47. The Kier molecular flexibility index (Phi) is 4.26. The van der Waals surface area contributed by atoms with E-state index in [1.165, 1.54) is 23.5 Å². The summed E-state index contributed by atoms with van der Waals surface area (Å²) in [5, 5.41) is 22.7. The van der Waals surface area contributed by atoms with Crippen molar-refractivity contribution < 1.29 is 15.0 Å². The minimum absolute atomic E-state index is 0.0311. The molecule has 104 valence electrons. The molecular weight excluding hydrogens is 300 g/mol. The van der Waals surface area contributed by atoms with E-state index < -0.39 is 5.91 Å². The number of rotatable bonds is 3. The van der Waals surface area contributed by atoms with Gasteiger partial charge in [-0.05, 0) is 31.2 Å². The summed E-state index contributed by atoms with van der Waals surface area (Å²) in [5.41, 5.74) is 2.97. The van der Waals surface area contributed by atoms with Crippen LogP contribution in [0.1, 0.15) is 22.2 Å². The van der Waals surface area contributed by atoms with Crippen molar-refractivity contribution in [2.45, 2.75) is 6.92 Å². The van der Waals surface area contributed by atoms with Gasteiger partial charge in [0.2, 0.25) is 0 Å². The summed E-state index contributed by atoms with van der Waals surface area (Å²) in [6, 6.07) is 7.26. The van der Waals surface area contributed by atoms with Crippen LogP contribution in [0.3, 0.4) is 0 Å². The van der Waals surface area contributed by atoms with E-state index in [0.717, 1.165) is 10.9 Å². The highest BCUT2D eigenvalue weighted by molar-refractivity contribution is 7.18. The first-order valence-electron chi connectivity index (χ1n) is 5.59. The van der Waals surface area contributed by atoms with E-state index in [1.807, 2.05) is 0 Å². The van der Waals surface area contributed by atoms with Gasteiger partial charge in [0.05, 0.1) is 20.5 Å². The Bertz CT molecular complexity index is 682. The molecule has 0 radical (unpaired) electrons. The monoisotopic (exact) mass is 310 g/mol. The number of nitrogens with zero attached hydrogens (tertiary/aromatic N) is 1. The van der Waals surface area contributed by atoms with Crippen LogP contribution in [-0.4, -0.2) is 21.8 Å². The summed E-state index contributed by atoms with van der Waals surface area (Å²) in [6.07, 6.45) is 0. The van der Waals surface area contributed by atoms with Crippen molar-refractivity contribution in [2.24, 2.45) is 5.10 Å². The molecule has 1 aromatic carbocycles. The Balaban J connectivity index is 2.12. The fraction of sp³-hybridized carbons (Fsp3) is 0.0769. The van der Waals surface area contributed by atoms with Crippen LogP contribution in [-0.2, 0) is 0 Å². The van der Waals surface area contributed by atoms with Gasteiger partial charge in [-0.2, -0.15) is 5.10 Å². The molecule has 0 saturated carbocycles. The van der Waals surface area contributed by atoms with E-state index in [4.69, 9.17) is 16.7 Å². The van der Waals surface area contributed by atoms with Gasteiger partial charge >= 0.3 is 0 Å². The molecule has 20 heavy (non-hydrogen) atoms. The molecule has 0 atom stereocenters. The molecule has 5 nitrogen and oxygen atoms in total. The lowest BCUT2D eigenvalue weighted by molar-refractivity contribution is 0.0952. The SMILES string of the molecule is C/C(=N/NC(=O)c1ccc(O)cc1O)c1ccc(Cl)s1. The lowest BCUT2D eigenvalue weighted by Gasteiger charge is -2.04. The normalized spacial score (nSPS) is 11.4. The van der Waals surface area contributed by atoms with Crippen LogP contribution in [0, 0.1) is 0 Å². The Labute approximate surface area is 124 Å². The quantitative estimate of drug-likeness (QED) is 0.602. The molecular formula is C13H11ClN2O3S. The lowest BCUT2D eigenvalue weighted by atomic mass is 10.2. The molecule has 2 rings (SSSR count). The van der Waals surface area contributed by atoms with Gasteiger partial charge in [0, 0.05) is 6.07 Å². The second kappa shape index (κ2) is 5.94. The van der Waals surface area contributed by atoms with Crippen molar-refractivity contribution in [3.63, 3.8) is 0 Å². The second-order valence-electron chi connectivity index (χ2n) is 3.94. The first kappa shape index (κ1) is 14.4. The maximum Gasteiger partial charge on any atom is 0.275 e. The predicted molar refractivity (Wildman–Crippen MR) is 78.8 cm³/mol. The van der Waals surface area contributed by atoms with Gasteiger partial charge in [0.1, 0.15) is 11.5 Å². The zero-order chi connectivity index (χ0) is 14.7. The Hall–Kier alpha value is -2.05. The highest BCUT2D eigenvalue weighted by atomic mass is 35.5. The third kappa shape index (κ3) is 3.28. The van der Waals surface area contributed by atoms with Crippen molar-refractivity contribution in [1.29, 1.82) is 0 Å². The second-order valence-corrected chi connectivity index (χ2v) is 5.66. The number of phenolic OH excluding ortho intramolecular Hbond substituents is 2. The van der Waals surface area contributed by atoms with Crippen molar-refractivity contribution in [3.8, 4) is 11.5 Å². The number of carbonyl (C=O) groups excluding carboxylic acids is 1. The van der Waals surface area contributed by atoms with Gasteiger partial charge < -0.3 is 10.2 Å². The molecule has 1 heterocycles. The van der Waals surface area contributed by atoms with Gasteiger partial charge in [-0.15, -0.1) is 11.3 Å². The number of hydrazone groups is 1. The first-order valence-corrected chi connectivity index (χ1v) is 6.79. The Morgan fingerprint density at radius 1 is 1.30 bits per heavy atom. The lowest BCUT2D eigenvalue weighted by Crippen LogP contribution is -2.19. The molecule has 3 N–H and O–H groups in total. The number of hydrogen-bond acceptors (Lipinski definition) is 5. The number of thiophene rings is 1. The number of benzene rings is 1. The third-order valence-electron chi connectivity index (χ3n) is 2.48. The number of phenols is 2. The van der Waals surface area contributed by atoms with E-state index in [-0.39, 0.29) is 17.1 Å². The molecule has 0 aliphatic heterocycles. The van der Waals surface area contributed by atoms with Crippen LogP contribution in [0.5, 0.6) is 11.5 Å². The molecule has 2 aromatic rings. The van der Waals surface area contributed by atoms with Crippen molar-refractivity contribution in [2.75, 3.05) is 0 Å². The zero-order valence-corrected chi connectivity index (χ0v) is 12.0. The number of nitrogens with one attached hydrogen (secondary N) is 1. The highest BCUT2D eigenvalue weighted by Gasteiger charge is 2.11. The van der Waals surface area contributed by atoms with Crippen molar-refractivity contribution in [1.82, 2.24) is 5.43 Å². The molecule has 0 aliphatic rings. The fourth-order valence-corrected chi connectivity index (χ4v) is 2.46. The molecule has 0 bridgehead atoms. The summed E-state index contributed by atoms with van der Waals surface area (Å²) in [4.78, 5) is 12.7. The highest BCUT2D eigenvalue weighted by Crippen LogP contribution is 2.23. The van der Waals surface area contributed by atoms with E-state index in [9.17, 15) is 9.90 Å². The smallest absolute Gasteiger partial charge is 0.275 e. The van der Waals surface area contributed by atoms with Crippen LogP contribution < -0.4 is 5.43 Å². The maximum atomic E-state index is 11.8. The largest absolute Gasteiger partial charge is 0.508 e. The van der Waals surface area contributed by atoms with Crippen LogP contribution in [0.4, 0.5) is 0 Å². The van der Waals surface area contributed by atoms with Crippen LogP contribution >= 0.6 is 22.9 Å². The summed E-state index contributed by atoms with van der Waals surface area (Å²) in [5.74, 6) is -0.994. The minimum atomic E-state index is -0.565. The molecule has 0 unspecified atom stereocenters. The van der Waals surface area contributed by atoms with Crippen LogP contribution in [0.2, 0.25) is 4.34 Å². The summed E-state index contributed by atoms with van der Waals surface area (Å²) < 4.78 is 0.636. The number of halogens is 1. The molecule has 0 aliphatic carbocycles. The molecule has 0 saturated heterocycles. The van der Waals surface area contributed by atoms with Crippen molar-refractivity contribution >= 4 is 34.6 Å². The van der Waals surface area contributed by atoms with Gasteiger partial charge in [-0.25, -0.2) is 5.43 Å². The molecule has 7 heteroatoms. The predicted octanol–water partition coefficient (Wildman–Crippen LogP) is 2.97. The van der Waals surface area contributed by atoms with E-state index in [2.05, 4.69) is 10.5 Å². The van der Waals surface area contributed by atoms with Crippen molar-refractivity contribution in [3.05, 3.63) is 45.1 Å². The Morgan fingerprint density at radius 2 is 2.05 bits per heavy atom. The summed E-state index contributed by atoms with van der Waals surface area (Å²) in [6.45, 7) is 1.74. The van der Waals surface area contributed by atoms with Crippen LogP contribution in [0.25, 0.3) is 0 Å². The topological polar surface area (TPSA) is 81.9 Å². The molecule has 0 spiro atoms. The van der Waals surface area contributed by atoms with Gasteiger partial charge in [0.15, 0.2) is 0 Å². The number of amides is 1. The Morgan fingerprint density at radius 3 is 2.65 bits per heavy atom. The minimum Gasteiger partial charge on any atom is -0.508 e. The standard InChI is InChI=1S/C13H11ClN2O3S/c1-7(11-4-5-12(14)20-11)15-16-13(19)9-3-2-8(17)6-10(9)18/h2-6,17-18H,1H3,(H,16,19)/b15-7-. The first-order chi connectivity index (χ1) is 9.47. The maximum absolute atomic E-state index is 11.8. The van der Waals surface area contributed by atoms with Gasteiger partial charge in [0.25, 0.3) is 5.91 Å². The van der Waals surface area contributed by atoms with Gasteiger partial charge in [-0.3, -0.25) is 4.79 Å². The summed E-state index contributed by atoms with van der Waals surface area (Å²) >= 11 is 7.17. The third-order valence-corrected chi connectivity index (χ3v) is 3.82. The summed E-state index contributed by atoms with van der Waals surface area (Å²) in [7, 11) is 0. The molecule has 0 fully saturated rings. The average Bonchev–Trinajstić information content (AvgIpc) is 2.82. The van der Waals surface area contributed by atoms with Gasteiger partial charge in [-0.1, -0.05) is 11.6 Å². The molecule has 1 aromatic heterocycles. The van der Waals surface area contributed by atoms with E-state index >= 15 is 0 Å².